The third-order valence-corrected chi connectivity index (χ3v) is 4.10. The van der Waals surface area contributed by atoms with Crippen molar-refractivity contribution in [1.82, 2.24) is 9.80 Å². The Bertz CT molecular complexity index is 525. The lowest BCUT2D eigenvalue weighted by atomic mass is 9.96. The van der Waals surface area contributed by atoms with Crippen LogP contribution in [0, 0.1) is 5.92 Å². The average Bonchev–Trinajstić information content (AvgIpc) is 2.46. The lowest BCUT2D eigenvalue weighted by Gasteiger charge is -2.33. The molecule has 0 spiro atoms. The molecule has 3 amide bonds. The Morgan fingerprint density at radius 2 is 1.95 bits per heavy atom. The standard InChI is InChI=1S/C15H20BrN3O2/c1-18(2)15(21)19-8-6-11(7-9-19)14(20)17-13-5-3-4-12(16)10-13/h3-5,10-11H,6-9H2,1-2H3,(H,17,20). The Kier molecular flexibility index (Phi) is 5.22. The van der Waals surface area contributed by atoms with Crippen LogP contribution in [-0.2, 0) is 4.79 Å². The lowest BCUT2D eigenvalue weighted by Crippen LogP contribution is -2.45. The van der Waals surface area contributed by atoms with Crippen molar-refractivity contribution in [2.24, 2.45) is 5.92 Å². The maximum absolute atomic E-state index is 12.2. The SMILES string of the molecule is CN(C)C(=O)N1CCC(C(=O)Nc2cccc(Br)c2)CC1. The highest BCUT2D eigenvalue weighted by molar-refractivity contribution is 9.10. The van der Waals surface area contributed by atoms with Crippen LogP contribution >= 0.6 is 15.9 Å². The van der Waals surface area contributed by atoms with Crippen molar-refractivity contribution in [2.75, 3.05) is 32.5 Å². The van der Waals surface area contributed by atoms with Gasteiger partial charge >= 0.3 is 6.03 Å². The molecular weight excluding hydrogens is 334 g/mol. The Hall–Kier alpha value is -1.56. The zero-order chi connectivity index (χ0) is 15.4. The monoisotopic (exact) mass is 353 g/mol. The van der Waals surface area contributed by atoms with Crippen LogP contribution in [0.2, 0.25) is 0 Å². The first kappa shape index (κ1) is 15.8. The second kappa shape index (κ2) is 6.93. The average molecular weight is 354 g/mol. The molecule has 1 aliphatic rings. The van der Waals surface area contributed by atoms with Gasteiger partial charge in [-0.2, -0.15) is 0 Å². The number of hydrogen-bond acceptors (Lipinski definition) is 2. The van der Waals surface area contributed by atoms with Gasteiger partial charge < -0.3 is 15.1 Å². The fraction of sp³-hybridized carbons (Fsp3) is 0.467. The summed E-state index contributed by atoms with van der Waals surface area (Å²) in [4.78, 5) is 27.5. The Balaban J connectivity index is 1.87. The molecule has 0 aromatic heterocycles. The number of nitrogens with one attached hydrogen (secondary N) is 1. The van der Waals surface area contributed by atoms with Crippen molar-refractivity contribution >= 4 is 33.6 Å². The van der Waals surface area contributed by atoms with E-state index in [0.29, 0.717) is 25.9 Å². The predicted molar refractivity (Wildman–Crippen MR) is 86.2 cm³/mol. The van der Waals surface area contributed by atoms with E-state index in [1.165, 1.54) is 0 Å². The minimum Gasteiger partial charge on any atom is -0.331 e. The Labute approximate surface area is 133 Å². The maximum Gasteiger partial charge on any atom is 0.319 e. The zero-order valence-corrected chi connectivity index (χ0v) is 13.9. The van der Waals surface area contributed by atoms with Crippen molar-refractivity contribution < 1.29 is 9.59 Å². The molecule has 1 saturated heterocycles. The quantitative estimate of drug-likeness (QED) is 0.888. The number of nitrogens with zero attached hydrogens (tertiary/aromatic N) is 2. The predicted octanol–water partition coefficient (Wildman–Crippen LogP) is 2.78. The van der Waals surface area contributed by atoms with Gasteiger partial charge in [0, 0.05) is 43.3 Å². The molecule has 1 N–H and O–H groups in total. The number of likely N-dealkylation sites (tertiary alicyclic amines) is 1. The third-order valence-electron chi connectivity index (χ3n) is 3.61. The number of halogens is 1. The smallest absolute Gasteiger partial charge is 0.319 e. The molecule has 1 fully saturated rings. The molecule has 114 valence electrons. The van der Waals surface area contributed by atoms with E-state index in [1.54, 1.807) is 23.9 Å². The van der Waals surface area contributed by atoms with Crippen molar-refractivity contribution in [2.45, 2.75) is 12.8 Å². The van der Waals surface area contributed by atoms with Gasteiger partial charge in [0.15, 0.2) is 0 Å². The van der Waals surface area contributed by atoms with Gasteiger partial charge in [-0.05, 0) is 31.0 Å². The number of urea groups is 1. The molecule has 0 unspecified atom stereocenters. The van der Waals surface area contributed by atoms with Crippen molar-refractivity contribution in [3.05, 3.63) is 28.7 Å². The van der Waals surface area contributed by atoms with Crippen LogP contribution in [-0.4, -0.2) is 48.9 Å². The highest BCUT2D eigenvalue weighted by atomic mass is 79.9. The third kappa shape index (κ3) is 4.20. The van der Waals surface area contributed by atoms with Gasteiger partial charge in [-0.3, -0.25) is 4.79 Å². The van der Waals surface area contributed by atoms with Crippen LogP contribution in [0.15, 0.2) is 28.7 Å². The number of piperidine rings is 1. The number of carbonyl (C=O) groups is 2. The summed E-state index contributed by atoms with van der Waals surface area (Å²) in [5.41, 5.74) is 0.793. The van der Waals surface area contributed by atoms with Crippen molar-refractivity contribution in [3.63, 3.8) is 0 Å². The molecule has 21 heavy (non-hydrogen) atoms. The number of amides is 3. The van der Waals surface area contributed by atoms with Crippen LogP contribution in [0.1, 0.15) is 12.8 Å². The van der Waals surface area contributed by atoms with Crippen molar-refractivity contribution in [3.8, 4) is 0 Å². The van der Waals surface area contributed by atoms with Gasteiger partial charge in [-0.1, -0.05) is 22.0 Å². The first-order valence-corrected chi connectivity index (χ1v) is 7.79. The van der Waals surface area contributed by atoms with E-state index in [1.807, 2.05) is 24.3 Å². The highest BCUT2D eigenvalue weighted by Gasteiger charge is 2.27. The Morgan fingerprint density at radius 1 is 1.29 bits per heavy atom. The fourth-order valence-electron chi connectivity index (χ4n) is 2.43. The molecule has 0 bridgehead atoms. The van der Waals surface area contributed by atoms with Crippen LogP contribution in [0.4, 0.5) is 10.5 Å². The zero-order valence-electron chi connectivity index (χ0n) is 12.3. The van der Waals surface area contributed by atoms with Gasteiger partial charge in [0.25, 0.3) is 0 Å². The van der Waals surface area contributed by atoms with E-state index < -0.39 is 0 Å². The lowest BCUT2D eigenvalue weighted by molar-refractivity contribution is -0.121. The molecule has 5 nitrogen and oxygen atoms in total. The number of anilines is 1. The molecule has 1 aromatic rings. The maximum atomic E-state index is 12.2. The molecule has 0 saturated carbocycles. The number of benzene rings is 1. The van der Waals surface area contributed by atoms with Gasteiger partial charge in [-0.15, -0.1) is 0 Å². The second-order valence-electron chi connectivity index (χ2n) is 5.44. The first-order chi connectivity index (χ1) is 9.97. The largest absolute Gasteiger partial charge is 0.331 e. The minimum atomic E-state index is -0.0322. The summed E-state index contributed by atoms with van der Waals surface area (Å²) in [6, 6.07) is 7.57. The minimum absolute atomic E-state index is 0.0147. The van der Waals surface area contributed by atoms with Crippen LogP contribution in [0.5, 0.6) is 0 Å². The first-order valence-electron chi connectivity index (χ1n) is 7.00. The van der Waals surface area contributed by atoms with Crippen LogP contribution < -0.4 is 5.32 Å². The van der Waals surface area contributed by atoms with E-state index >= 15 is 0 Å². The Morgan fingerprint density at radius 3 is 2.52 bits per heavy atom. The van der Waals surface area contributed by atoms with E-state index in [0.717, 1.165) is 10.2 Å². The number of rotatable bonds is 2. The summed E-state index contributed by atoms with van der Waals surface area (Å²) >= 11 is 3.39. The molecule has 6 heteroatoms. The van der Waals surface area contributed by atoms with Gasteiger partial charge in [0.2, 0.25) is 5.91 Å². The van der Waals surface area contributed by atoms with E-state index in [9.17, 15) is 9.59 Å². The number of carbonyl (C=O) groups excluding carboxylic acids is 2. The molecule has 0 atom stereocenters. The molecule has 1 aromatic carbocycles. The summed E-state index contributed by atoms with van der Waals surface area (Å²) in [6.07, 6.45) is 1.42. The fourth-order valence-corrected chi connectivity index (χ4v) is 2.83. The summed E-state index contributed by atoms with van der Waals surface area (Å²) in [5.74, 6) is 0.000228. The summed E-state index contributed by atoms with van der Waals surface area (Å²) in [7, 11) is 3.49. The summed E-state index contributed by atoms with van der Waals surface area (Å²) in [6.45, 7) is 1.27. The van der Waals surface area contributed by atoms with Gasteiger partial charge in [0.05, 0.1) is 0 Å². The summed E-state index contributed by atoms with van der Waals surface area (Å²) in [5, 5.41) is 2.94. The molecule has 0 aliphatic carbocycles. The molecule has 1 aliphatic heterocycles. The van der Waals surface area contributed by atoms with Crippen LogP contribution in [0.3, 0.4) is 0 Å². The van der Waals surface area contributed by atoms with Gasteiger partial charge in [0.1, 0.15) is 0 Å². The van der Waals surface area contributed by atoms with Crippen LogP contribution in [0.25, 0.3) is 0 Å². The molecule has 0 radical (unpaired) electrons. The topological polar surface area (TPSA) is 52.7 Å². The molecule has 2 rings (SSSR count). The van der Waals surface area contributed by atoms with Gasteiger partial charge in [-0.25, -0.2) is 4.79 Å². The van der Waals surface area contributed by atoms with E-state index in [4.69, 9.17) is 0 Å². The van der Waals surface area contributed by atoms with E-state index in [-0.39, 0.29) is 17.9 Å². The summed E-state index contributed by atoms with van der Waals surface area (Å²) < 4.78 is 0.937. The normalized spacial score (nSPS) is 15.7. The highest BCUT2D eigenvalue weighted by Crippen LogP contribution is 2.21. The van der Waals surface area contributed by atoms with Crippen molar-refractivity contribution in [1.29, 1.82) is 0 Å². The molecule has 1 heterocycles. The van der Waals surface area contributed by atoms with E-state index in [2.05, 4.69) is 21.2 Å². The number of hydrogen-bond donors (Lipinski definition) is 1. The second-order valence-corrected chi connectivity index (χ2v) is 6.35. The molecular formula is C15H20BrN3O2.